The first-order valence-corrected chi connectivity index (χ1v) is 16.4. The van der Waals surface area contributed by atoms with Crippen LogP contribution in [0.4, 0.5) is 0 Å². The molecule has 222 valence electrons. The lowest BCUT2D eigenvalue weighted by Gasteiger charge is -2.12. The van der Waals surface area contributed by atoms with Crippen LogP contribution in [0.5, 0.6) is 0 Å². The van der Waals surface area contributed by atoms with E-state index in [9.17, 15) is 9.59 Å². The van der Waals surface area contributed by atoms with Crippen molar-refractivity contribution in [1.29, 1.82) is 0 Å². The van der Waals surface area contributed by atoms with E-state index >= 15 is 0 Å². The Balaban J connectivity index is 0.000000159. The summed E-state index contributed by atoms with van der Waals surface area (Å²) in [5, 5.41) is 2.59. The van der Waals surface area contributed by atoms with Crippen LogP contribution in [-0.4, -0.2) is 11.6 Å². The first-order chi connectivity index (χ1) is 21.6. The highest BCUT2D eigenvalue weighted by Crippen LogP contribution is 2.37. The summed E-state index contributed by atoms with van der Waals surface area (Å²) in [5.41, 5.74) is 9.11. The van der Waals surface area contributed by atoms with Crippen LogP contribution in [0.25, 0.3) is 21.9 Å². The van der Waals surface area contributed by atoms with E-state index in [1.54, 1.807) is 0 Å². The second kappa shape index (κ2) is 13.6. The van der Waals surface area contributed by atoms with Gasteiger partial charge in [-0.2, -0.15) is 0 Å². The number of aryl methyl sites for hydroxylation is 1. The number of ketones is 2. The van der Waals surface area contributed by atoms with Gasteiger partial charge in [-0.25, -0.2) is 0 Å². The van der Waals surface area contributed by atoms with Crippen molar-refractivity contribution in [3.63, 3.8) is 0 Å². The number of hydrogen-bond acceptors (Lipinski definition) is 2. The fourth-order valence-electron chi connectivity index (χ4n) is 7.03. The van der Waals surface area contributed by atoms with Crippen LogP contribution >= 0.6 is 0 Å². The van der Waals surface area contributed by atoms with Gasteiger partial charge in [-0.1, -0.05) is 142 Å². The maximum absolute atomic E-state index is 12.8. The summed E-state index contributed by atoms with van der Waals surface area (Å²) in [5.74, 6) is 0.810. The van der Waals surface area contributed by atoms with Crippen LogP contribution in [-0.2, 0) is 19.3 Å². The van der Waals surface area contributed by atoms with Gasteiger partial charge in [0.2, 0.25) is 0 Å². The first kappa shape index (κ1) is 29.8. The highest BCUT2D eigenvalue weighted by atomic mass is 16.1. The van der Waals surface area contributed by atoms with Gasteiger partial charge in [0.25, 0.3) is 0 Å². The van der Waals surface area contributed by atoms with Crippen molar-refractivity contribution in [1.82, 2.24) is 0 Å². The highest BCUT2D eigenvalue weighted by molar-refractivity contribution is 6.08. The Bertz CT molecular complexity index is 1780. The van der Waals surface area contributed by atoms with Gasteiger partial charge in [0.15, 0.2) is 11.6 Å². The summed E-state index contributed by atoms with van der Waals surface area (Å²) in [6.45, 7) is 4.41. The number of rotatable bonds is 8. The monoisotopic (exact) mass is 578 g/mol. The third-order valence-electron chi connectivity index (χ3n) is 9.45. The summed E-state index contributed by atoms with van der Waals surface area (Å²) in [7, 11) is 0. The van der Waals surface area contributed by atoms with Crippen molar-refractivity contribution in [3.8, 4) is 11.1 Å². The number of carbonyl (C=O) groups is 2. The zero-order valence-corrected chi connectivity index (χ0v) is 26.0. The largest absolute Gasteiger partial charge is 0.294 e. The molecule has 0 fully saturated rings. The molecule has 2 aliphatic carbocycles. The fraction of sp³-hybridized carbons (Fsp3) is 0.286. The molecule has 0 saturated carbocycles. The average molecular weight is 579 g/mol. The Morgan fingerprint density at radius 1 is 0.636 bits per heavy atom. The molecule has 7 rings (SSSR count). The van der Waals surface area contributed by atoms with E-state index < -0.39 is 0 Å². The number of Topliss-reactive ketones (excluding diaryl/α,β-unsaturated/α-hetero) is 2. The second-order valence-electron chi connectivity index (χ2n) is 12.4. The topological polar surface area (TPSA) is 34.1 Å². The molecule has 0 bridgehead atoms. The van der Waals surface area contributed by atoms with E-state index in [-0.39, 0.29) is 17.6 Å². The summed E-state index contributed by atoms with van der Waals surface area (Å²) in [4.78, 5) is 25.5. The zero-order chi connectivity index (χ0) is 30.5. The summed E-state index contributed by atoms with van der Waals surface area (Å²) < 4.78 is 0. The molecule has 0 aliphatic heterocycles. The minimum atomic E-state index is -0.0222. The molecule has 2 aliphatic rings. The Labute approximate surface area is 262 Å². The predicted octanol–water partition coefficient (Wildman–Crippen LogP) is 10.6. The smallest absolute Gasteiger partial charge is 0.170 e. The molecule has 44 heavy (non-hydrogen) atoms. The quantitative estimate of drug-likeness (QED) is 0.184. The molecule has 2 atom stereocenters. The molecule has 0 saturated heterocycles. The Kier molecular flexibility index (Phi) is 9.17. The van der Waals surface area contributed by atoms with E-state index in [1.807, 2.05) is 36.4 Å². The average Bonchev–Trinajstić information content (AvgIpc) is 3.59. The van der Waals surface area contributed by atoms with Gasteiger partial charge < -0.3 is 0 Å². The molecule has 0 amide bonds. The number of hydrogen-bond donors (Lipinski definition) is 0. The Morgan fingerprint density at radius 3 is 2.16 bits per heavy atom. The molecule has 2 heteroatoms. The van der Waals surface area contributed by atoms with Gasteiger partial charge >= 0.3 is 0 Å². The molecule has 2 nitrogen and oxygen atoms in total. The molecule has 2 unspecified atom stereocenters. The Morgan fingerprint density at radius 2 is 1.36 bits per heavy atom. The molecule has 5 aromatic carbocycles. The van der Waals surface area contributed by atoms with Gasteiger partial charge in [-0.15, -0.1) is 0 Å². The van der Waals surface area contributed by atoms with Crippen LogP contribution in [0.15, 0.2) is 109 Å². The number of fused-ring (bicyclic) bond motifs is 3. The standard InChI is InChI=1S/C23H22O.C19H20O/c1-2-3-7-16-9-6-10-17-12-13-19(14-21(16)17)22-15-18-8-4-5-11-20(18)23(22)24;1-2-3-8-16-13-15-11-7-12-17(18(15)19(16)20)14-9-5-4-6-10-14/h4-6,8-14,22H,2-3,7,15H2,1H3;4-7,9-12,16H,2-3,8,13H2,1H3. The predicted molar refractivity (Wildman–Crippen MR) is 183 cm³/mol. The van der Waals surface area contributed by atoms with Crippen LogP contribution in [0.1, 0.15) is 94.8 Å². The SMILES string of the molecule is CCCCC1Cc2cccc(-c3ccccc3)c2C1=O.CCCCc1cccc2ccc(C3Cc4ccccc4C3=O)cc12. The summed E-state index contributed by atoms with van der Waals surface area (Å²) in [6, 6.07) is 37.7. The van der Waals surface area contributed by atoms with E-state index in [0.29, 0.717) is 5.78 Å². The lowest BCUT2D eigenvalue weighted by atomic mass is 9.91. The highest BCUT2D eigenvalue weighted by Gasteiger charge is 2.32. The van der Waals surface area contributed by atoms with Crippen molar-refractivity contribution in [3.05, 3.63) is 143 Å². The fourth-order valence-corrected chi connectivity index (χ4v) is 7.03. The van der Waals surface area contributed by atoms with E-state index in [0.717, 1.165) is 66.3 Å². The third kappa shape index (κ3) is 6.04. The first-order valence-electron chi connectivity index (χ1n) is 16.4. The van der Waals surface area contributed by atoms with Gasteiger partial charge in [-0.05, 0) is 76.3 Å². The number of carbonyl (C=O) groups excluding carboxylic acids is 2. The minimum absolute atomic E-state index is 0.0222. The maximum atomic E-state index is 12.8. The second-order valence-corrected chi connectivity index (χ2v) is 12.4. The molecule has 0 aromatic heterocycles. The minimum Gasteiger partial charge on any atom is -0.294 e. The third-order valence-corrected chi connectivity index (χ3v) is 9.45. The molecule has 5 aromatic rings. The van der Waals surface area contributed by atoms with Crippen molar-refractivity contribution in [2.45, 2.75) is 71.1 Å². The normalized spacial score (nSPS) is 16.9. The number of unbranched alkanes of at least 4 members (excludes halogenated alkanes) is 2. The maximum Gasteiger partial charge on any atom is 0.170 e. The van der Waals surface area contributed by atoms with Crippen LogP contribution in [0.3, 0.4) is 0 Å². The molecule has 0 heterocycles. The lowest BCUT2D eigenvalue weighted by Crippen LogP contribution is -2.09. The summed E-state index contributed by atoms with van der Waals surface area (Å²) >= 11 is 0. The van der Waals surface area contributed by atoms with E-state index in [2.05, 4.69) is 86.6 Å². The lowest BCUT2D eigenvalue weighted by molar-refractivity contribution is 0.0928. The van der Waals surface area contributed by atoms with E-state index in [4.69, 9.17) is 0 Å². The van der Waals surface area contributed by atoms with Crippen LogP contribution in [0, 0.1) is 5.92 Å². The molecule has 0 radical (unpaired) electrons. The van der Waals surface area contributed by atoms with Gasteiger partial charge in [-0.3, -0.25) is 9.59 Å². The van der Waals surface area contributed by atoms with Gasteiger partial charge in [0, 0.05) is 17.0 Å². The van der Waals surface area contributed by atoms with Crippen LogP contribution < -0.4 is 0 Å². The van der Waals surface area contributed by atoms with Crippen molar-refractivity contribution in [2.24, 2.45) is 5.92 Å². The zero-order valence-electron chi connectivity index (χ0n) is 26.0. The van der Waals surface area contributed by atoms with E-state index in [1.165, 1.54) is 40.3 Å². The van der Waals surface area contributed by atoms with Gasteiger partial charge in [0.1, 0.15) is 0 Å². The van der Waals surface area contributed by atoms with Crippen molar-refractivity contribution in [2.75, 3.05) is 0 Å². The van der Waals surface area contributed by atoms with Crippen LogP contribution in [0.2, 0.25) is 0 Å². The molecular weight excluding hydrogens is 536 g/mol. The molecular formula is C42H42O2. The summed E-state index contributed by atoms with van der Waals surface area (Å²) in [6.07, 6.45) is 8.60. The van der Waals surface area contributed by atoms with Crippen molar-refractivity contribution >= 4 is 22.3 Å². The Hall–Kier alpha value is -4.30. The number of benzene rings is 5. The molecule has 0 N–H and O–H groups in total. The van der Waals surface area contributed by atoms with Crippen molar-refractivity contribution < 1.29 is 9.59 Å². The molecule has 0 spiro atoms. The van der Waals surface area contributed by atoms with Gasteiger partial charge in [0.05, 0.1) is 5.92 Å².